The van der Waals surface area contributed by atoms with Crippen LogP contribution in [-0.2, 0) is 27.9 Å². The van der Waals surface area contributed by atoms with Crippen molar-refractivity contribution in [3.63, 3.8) is 0 Å². The number of rotatable bonds is 43. The van der Waals surface area contributed by atoms with Gasteiger partial charge in [0.2, 0.25) is 0 Å². The number of hydrogen-bond acceptors (Lipinski definition) is 8. The van der Waals surface area contributed by atoms with Crippen LogP contribution in [0, 0.1) is 0 Å². The number of unbranched alkanes of at least 4 members (excludes halogenated alkanes) is 15. The van der Waals surface area contributed by atoms with Gasteiger partial charge in [-0.15, -0.1) is 0 Å². The molecule has 0 heterocycles. The third-order valence-corrected chi connectivity index (χ3v) is 10.3. The van der Waals surface area contributed by atoms with E-state index < -0.39 is 45.8 Å². The SMILES string of the molecule is CC/C=C\C/C=C\C/C=C\C/C=C\C/C=C\C/C=C\CCCCCCC(=O)OC(COCCCCCCCC/C=C\CCCCCCC)COP(=O)(O)OCC(O)CO. The second-order valence-corrected chi connectivity index (χ2v) is 16.5. The molecule has 3 unspecified atom stereocenters. The number of aliphatic hydroxyl groups excluding tert-OH is 2. The van der Waals surface area contributed by atoms with Crippen LogP contribution in [0.25, 0.3) is 0 Å². The molecule has 0 aliphatic rings. The molecule has 3 atom stereocenters. The summed E-state index contributed by atoms with van der Waals surface area (Å²) >= 11 is 0. The van der Waals surface area contributed by atoms with Crippen LogP contribution in [0.2, 0.25) is 0 Å². The number of allylic oxidation sites excluding steroid dienone is 14. The van der Waals surface area contributed by atoms with Crippen LogP contribution < -0.4 is 0 Å². The minimum absolute atomic E-state index is 0.0297. The van der Waals surface area contributed by atoms with Gasteiger partial charge in [0.15, 0.2) is 0 Å². The topological polar surface area (TPSA) is 132 Å². The van der Waals surface area contributed by atoms with Crippen molar-refractivity contribution >= 4 is 13.8 Å². The maximum absolute atomic E-state index is 12.6. The normalized spacial score (nSPS) is 14.7. The largest absolute Gasteiger partial charge is 0.472 e. The monoisotopic (exact) mass is 849 g/mol. The molecule has 0 rings (SSSR count). The zero-order valence-electron chi connectivity index (χ0n) is 37.2. The van der Waals surface area contributed by atoms with Gasteiger partial charge in [0, 0.05) is 13.0 Å². The molecule has 9 nitrogen and oxygen atoms in total. The molecule has 0 aromatic carbocycles. The van der Waals surface area contributed by atoms with Crippen molar-refractivity contribution in [2.24, 2.45) is 0 Å². The fourth-order valence-electron chi connectivity index (χ4n) is 5.82. The fourth-order valence-corrected chi connectivity index (χ4v) is 6.61. The van der Waals surface area contributed by atoms with Gasteiger partial charge in [0.25, 0.3) is 0 Å². The van der Waals surface area contributed by atoms with E-state index in [4.69, 9.17) is 23.6 Å². The van der Waals surface area contributed by atoms with Crippen LogP contribution in [0.15, 0.2) is 85.1 Å². The molecule has 0 aromatic rings. The van der Waals surface area contributed by atoms with E-state index in [-0.39, 0.29) is 13.0 Å². The quantitative estimate of drug-likeness (QED) is 0.0237. The lowest BCUT2D eigenvalue weighted by molar-refractivity contribution is -0.154. The second-order valence-electron chi connectivity index (χ2n) is 15.0. The van der Waals surface area contributed by atoms with Gasteiger partial charge in [-0.05, 0) is 89.9 Å². The highest BCUT2D eigenvalue weighted by molar-refractivity contribution is 7.47. The number of carbonyl (C=O) groups is 1. The average Bonchev–Trinajstić information content (AvgIpc) is 3.23. The Balaban J connectivity index is 4.23. The number of carbonyl (C=O) groups excluding carboxylic acids is 1. The number of phosphoric acid groups is 1. The van der Waals surface area contributed by atoms with Crippen molar-refractivity contribution < 1.29 is 43.0 Å². The summed E-state index contributed by atoms with van der Waals surface area (Å²) in [5, 5.41) is 18.4. The van der Waals surface area contributed by atoms with E-state index in [0.717, 1.165) is 89.9 Å². The van der Waals surface area contributed by atoms with E-state index in [9.17, 15) is 19.4 Å². The molecule has 340 valence electrons. The lowest BCUT2D eigenvalue weighted by atomic mass is 10.1. The predicted octanol–water partition coefficient (Wildman–Crippen LogP) is 13.1. The molecule has 10 heteroatoms. The molecule has 0 saturated carbocycles. The maximum Gasteiger partial charge on any atom is 0.472 e. The molecule has 0 bridgehead atoms. The molecule has 0 amide bonds. The lowest BCUT2D eigenvalue weighted by Gasteiger charge is -2.20. The summed E-state index contributed by atoms with van der Waals surface area (Å²) in [6.07, 6.45) is 55.4. The molecule has 0 saturated heterocycles. The zero-order chi connectivity index (χ0) is 43.2. The third-order valence-electron chi connectivity index (χ3n) is 9.31. The number of aliphatic hydroxyl groups is 2. The summed E-state index contributed by atoms with van der Waals surface area (Å²) in [7, 11) is -4.53. The van der Waals surface area contributed by atoms with Crippen LogP contribution in [0.3, 0.4) is 0 Å². The van der Waals surface area contributed by atoms with Crippen molar-refractivity contribution in [1.82, 2.24) is 0 Å². The van der Waals surface area contributed by atoms with Crippen molar-refractivity contribution in [3.8, 4) is 0 Å². The van der Waals surface area contributed by atoms with Crippen LogP contribution in [0.5, 0.6) is 0 Å². The number of esters is 1. The van der Waals surface area contributed by atoms with E-state index >= 15 is 0 Å². The molecule has 0 aliphatic carbocycles. The average molecular weight is 849 g/mol. The van der Waals surface area contributed by atoms with Gasteiger partial charge in [-0.25, -0.2) is 4.57 Å². The second kappa shape index (κ2) is 45.2. The van der Waals surface area contributed by atoms with Crippen LogP contribution >= 0.6 is 7.82 Å². The van der Waals surface area contributed by atoms with Gasteiger partial charge in [-0.1, -0.05) is 163 Å². The summed E-state index contributed by atoms with van der Waals surface area (Å²) in [5.41, 5.74) is 0. The van der Waals surface area contributed by atoms with Crippen molar-refractivity contribution in [2.75, 3.05) is 33.0 Å². The molecule has 0 radical (unpaired) electrons. The Hall–Kier alpha value is -2.36. The van der Waals surface area contributed by atoms with Gasteiger partial charge >= 0.3 is 13.8 Å². The molecular weight excluding hydrogens is 764 g/mol. The highest BCUT2D eigenvalue weighted by Crippen LogP contribution is 2.43. The Kier molecular flexibility index (Phi) is 43.4. The summed E-state index contributed by atoms with van der Waals surface area (Å²) in [6, 6.07) is 0. The maximum atomic E-state index is 12.6. The van der Waals surface area contributed by atoms with Gasteiger partial charge in [-0.3, -0.25) is 13.8 Å². The zero-order valence-corrected chi connectivity index (χ0v) is 38.1. The summed E-state index contributed by atoms with van der Waals surface area (Å²) < 4.78 is 33.4. The Bertz CT molecular complexity index is 1190. The van der Waals surface area contributed by atoms with Crippen molar-refractivity contribution in [1.29, 1.82) is 0 Å². The molecule has 0 aromatic heterocycles. The minimum Gasteiger partial charge on any atom is -0.457 e. The fraction of sp³-hybridized carbons (Fsp3) is 0.694. The highest BCUT2D eigenvalue weighted by atomic mass is 31.2. The molecule has 0 spiro atoms. The van der Waals surface area contributed by atoms with Crippen molar-refractivity contribution in [2.45, 2.75) is 187 Å². The molecule has 3 N–H and O–H groups in total. The van der Waals surface area contributed by atoms with E-state index in [1.807, 2.05) is 0 Å². The molecule has 0 fully saturated rings. The van der Waals surface area contributed by atoms with Crippen LogP contribution in [-0.4, -0.2) is 66.3 Å². The van der Waals surface area contributed by atoms with Crippen LogP contribution in [0.4, 0.5) is 0 Å². The minimum atomic E-state index is -4.53. The smallest absolute Gasteiger partial charge is 0.457 e. The van der Waals surface area contributed by atoms with E-state index in [0.29, 0.717) is 13.0 Å². The van der Waals surface area contributed by atoms with E-state index in [1.54, 1.807) is 0 Å². The molecular formula is C49H85O9P. The Labute approximate surface area is 360 Å². The standard InChI is InChI=1S/C49H85O9P/c1-3-5-7-9-11-13-15-17-19-20-21-22-23-24-25-26-27-29-31-33-35-37-39-41-49(52)58-48(46-57-59(53,54)56-44-47(51)43-50)45-55-42-40-38-36-34-32-30-28-18-16-14-12-10-8-6-4-2/h5,7,11,13,16-19,21-22,24-25,27,29,47-48,50-51H,3-4,6,8-10,12,14-15,20,23,26,28,30-46H2,1-2H3,(H,53,54)/b7-5-,13-11-,18-16-,19-17-,22-21-,25-24-,29-27-. The Morgan fingerprint density at radius 1 is 0.542 bits per heavy atom. The highest BCUT2D eigenvalue weighted by Gasteiger charge is 2.26. The lowest BCUT2D eigenvalue weighted by Crippen LogP contribution is -2.29. The molecule has 0 aliphatic heterocycles. The van der Waals surface area contributed by atoms with Gasteiger partial charge in [0.05, 0.1) is 26.4 Å². The van der Waals surface area contributed by atoms with Gasteiger partial charge in [-0.2, -0.15) is 0 Å². The first-order chi connectivity index (χ1) is 28.8. The number of hydrogen-bond donors (Lipinski definition) is 3. The summed E-state index contributed by atoms with van der Waals surface area (Å²) in [6.45, 7) is 3.33. The number of phosphoric ester groups is 1. The van der Waals surface area contributed by atoms with Crippen molar-refractivity contribution in [3.05, 3.63) is 85.1 Å². The third kappa shape index (κ3) is 45.0. The van der Waals surface area contributed by atoms with Gasteiger partial charge < -0.3 is 24.6 Å². The molecule has 59 heavy (non-hydrogen) atoms. The van der Waals surface area contributed by atoms with E-state index in [2.05, 4.69) is 98.9 Å². The first-order valence-corrected chi connectivity index (χ1v) is 24.6. The summed E-state index contributed by atoms with van der Waals surface area (Å²) in [4.78, 5) is 22.6. The summed E-state index contributed by atoms with van der Waals surface area (Å²) in [5.74, 6) is -0.412. The first-order valence-electron chi connectivity index (χ1n) is 23.1. The number of ether oxygens (including phenoxy) is 2. The van der Waals surface area contributed by atoms with E-state index in [1.165, 1.54) is 57.8 Å². The van der Waals surface area contributed by atoms with Crippen LogP contribution in [0.1, 0.15) is 174 Å². The first kappa shape index (κ1) is 56.6. The Morgan fingerprint density at radius 2 is 0.966 bits per heavy atom. The van der Waals surface area contributed by atoms with Gasteiger partial charge in [0.1, 0.15) is 12.2 Å². The Morgan fingerprint density at radius 3 is 1.47 bits per heavy atom. The predicted molar refractivity (Wildman–Crippen MR) is 246 cm³/mol.